The maximum Gasteiger partial charge on any atom is 0.158 e. The molecule has 2 aromatic rings. The van der Waals surface area contributed by atoms with Crippen LogP contribution < -0.4 is 10.6 Å². The van der Waals surface area contributed by atoms with Gasteiger partial charge in [0.15, 0.2) is 5.78 Å². The fourth-order valence-electron chi connectivity index (χ4n) is 3.17. The van der Waals surface area contributed by atoms with Gasteiger partial charge in [0, 0.05) is 32.0 Å². The molecule has 3 unspecified atom stereocenters. The van der Waals surface area contributed by atoms with Crippen LogP contribution in [0.3, 0.4) is 0 Å². The van der Waals surface area contributed by atoms with Gasteiger partial charge in [-0.15, -0.1) is 22.9 Å². The van der Waals surface area contributed by atoms with Gasteiger partial charge in [0.05, 0.1) is 42.7 Å². The Balaban J connectivity index is 0.00000145. The second-order valence-electron chi connectivity index (χ2n) is 6.87. The molecule has 3 rings (SSSR count). The van der Waals surface area contributed by atoms with Crippen LogP contribution in [0.15, 0.2) is 23.6 Å². The average molecular weight is 441 g/mol. The molecular formula is C20H29ClN4O3S. The number of nitrogens with two attached hydrogens (primary N) is 1. The van der Waals surface area contributed by atoms with Gasteiger partial charge in [-0.2, -0.15) is 0 Å². The summed E-state index contributed by atoms with van der Waals surface area (Å²) in [5.74, 6) is 0.845. The standard InChI is InChI=1S/C19H26N4O3S.CH3Cl/c1-12-8-23(9-13(2)26-12)18-6-4-5-15(21-18)16-11-27-19(22-16)7-17(24)14(20)10-25-3;1-2/h4-6,11-14H,7-10,20H2,1-3H3;1H3. The Morgan fingerprint density at radius 2 is 2.00 bits per heavy atom. The quantitative estimate of drug-likeness (QED) is 0.662. The number of halogens is 1. The normalized spacial score (nSPS) is 20.0. The monoisotopic (exact) mass is 440 g/mol. The molecule has 7 nitrogen and oxygen atoms in total. The van der Waals surface area contributed by atoms with Crippen LogP contribution in [0, 0.1) is 0 Å². The van der Waals surface area contributed by atoms with E-state index in [0.717, 1.165) is 35.3 Å². The van der Waals surface area contributed by atoms with Crippen molar-refractivity contribution in [2.45, 2.75) is 38.5 Å². The largest absolute Gasteiger partial charge is 0.383 e. The molecule has 0 aromatic carbocycles. The van der Waals surface area contributed by atoms with Crippen LogP contribution in [-0.4, -0.2) is 67.2 Å². The van der Waals surface area contributed by atoms with Gasteiger partial charge < -0.3 is 20.1 Å². The van der Waals surface area contributed by atoms with Crippen molar-refractivity contribution < 1.29 is 14.3 Å². The molecule has 0 aliphatic carbocycles. The Kier molecular flexibility index (Phi) is 9.45. The molecule has 160 valence electrons. The van der Waals surface area contributed by atoms with Gasteiger partial charge in [0.25, 0.3) is 0 Å². The van der Waals surface area contributed by atoms with Crippen molar-refractivity contribution in [1.29, 1.82) is 0 Å². The topological polar surface area (TPSA) is 90.6 Å². The van der Waals surface area contributed by atoms with Gasteiger partial charge in [0.2, 0.25) is 0 Å². The predicted octanol–water partition coefficient (Wildman–Crippen LogP) is 2.76. The summed E-state index contributed by atoms with van der Waals surface area (Å²) in [6.45, 7) is 6.00. The molecule has 2 N–H and O–H groups in total. The third-order valence-electron chi connectivity index (χ3n) is 4.38. The van der Waals surface area contributed by atoms with E-state index in [4.69, 9.17) is 20.2 Å². The molecule has 9 heteroatoms. The average Bonchev–Trinajstić information content (AvgIpc) is 3.17. The Morgan fingerprint density at radius 3 is 2.66 bits per heavy atom. The number of thiazole rings is 1. The van der Waals surface area contributed by atoms with E-state index in [0.29, 0.717) is 0 Å². The van der Waals surface area contributed by atoms with Crippen LogP contribution in [0.4, 0.5) is 5.82 Å². The third kappa shape index (κ3) is 6.72. The Bertz CT molecular complexity index is 779. The lowest BCUT2D eigenvalue weighted by Gasteiger charge is -2.36. The highest BCUT2D eigenvalue weighted by molar-refractivity contribution is 7.10. The summed E-state index contributed by atoms with van der Waals surface area (Å²) in [4.78, 5) is 23.7. The number of hydrogen-bond acceptors (Lipinski definition) is 8. The van der Waals surface area contributed by atoms with Crippen molar-refractivity contribution in [2.75, 3.05) is 38.1 Å². The van der Waals surface area contributed by atoms with Crippen molar-refractivity contribution >= 4 is 34.5 Å². The van der Waals surface area contributed by atoms with Gasteiger partial charge in [0.1, 0.15) is 10.8 Å². The zero-order valence-corrected chi connectivity index (χ0v) is 18.9. The van der Waals surface area contributed by atoms with Gasteiger partial charge in [-0.1, -0.05) is 6.07 Å². The first kappa shape index (κ1) is 23.7. The number of anilines is 1. The molecular weight excluding hydrogens is 412 g/mol. The zero-order valence-electron chi connectivity index (χ0n) is 17.3. The number of methoxy groups -OCH3 is 1. The van der Waals surface area contributed by atoms with E-state index in [1.807, 2.05) is 23.6 Å². The van der Waals surface area contributed by atoms with Gasteiger partial charge in [-0.25, -0.2) is 9.97 Å². The minimum atomic E-state index is -0.617. The third-order valence-corrected chi connectivity index (χ3v) is 5.23. The van der Waals surface area contributed by atoms with Gasteiger partial charge in [-0.05, 0) is 26.0 Å². The number of aromatic nitrogens is 2. The number of alkyl halides is 1. The van der Waals surface area contributed by atoms with E-state index in [9.17, 15) is 4.79 Å². The minimum absolute atomic E-state index is 0.0734. The number of hydrogen-bond donors (Lipinski definition) is 1. The van der Waals surface area contributed by atoms with E-state index in [1.165, 1.54) is 24.8 Å². The van der Waals surface area contributed by atoms with Crippen LogP contribution in [0.5, 0.6) is 0 Å². The SMILES string of the molecule is CCl.COCC(N)C(=O)Cc1nc(-c2cccc(N3CC(C)OC(C)C3)n2)cs1. The second kappa shape index (κ2) is 11.6. The highest BCUT2D eigenvalue weighted by Gasteiger charge is 2.23. The summed E-state index contributed by atoms with van der Waals surface area (Å²) >= 11 is 6.09. The summed E-state index contributed by atoms with van der Waals surface area (Å²) in [5, 5.41) is 2.67. The van der Waals surface area contributed by atoms with Crippen LogP contribution in [0.1, 0.15) is 18.9 Å². The highest BCUT2D eigenvalue weighted by atomic mass is 35.5. The summed E-state index contributed by atoms with van der Waals surface area (Å²) < 4.78 is 10.7. The van der Waals surface area contributed by atoms with Crippen molar-refractivity contribution in [2.24, 2.45) is 5.73 Å². The van der Waals surface area contributed by atoms with E-state index in [-0.39, 0.29) is 31.0 Å². The number of carbonyl (C=O) groups is 1. The number of rotatable bonds is 7. The summed E-state index contributed by atoms with van der Waals surface area (Å²) in [6.07, 6.45) is 2.03. The van der Waals surface area contributed by atoms with Crippen molar-refractivity contribution in [3.8, 4) is 11.4 Å². The van der Waals surface area contributed by atoms with E-state index in [1.54, 1.807) is 0 Å². The van der Waals surface area contributed by atoms with Gasteiger partial charge >= 0.3 is 0 Å². The number of ether oxygens (including phenoxy) is 2. The van der Waals surface area contributed by atoms with Gasteiger partial charge in [-0.3, -0.25) is 4.79 Å². The summed E-state index contributed by atoms with van der Waals surface area (Å²) in [7, 11) is 1.53. The lowest BCUT2D eigenvalue weighted by atomic mass is 10.1. The van der Waals surface area contributed by atoms with Crippen molar-refractivity contribution in [3.63, 3.8) is 0 Å². The Morgan fingerprint density at radius 1 is 1.31 bits per heavy atom. The molecule has 29 heavy (non-hydrogen) atoms. The van der Waals surface area contributed by atoms with Crippen LogP contribution in [-0.2, 0) is 20.7 Å². The molecule has 1 aliphatic rings. The molecule has 2 aromatic heterocycles. The summed E-state index contributed by atoms with van der Waals surface area (Å²) in [5.41, 5.74) is 7.37. The fraction of sp³-hybridized carbons (Fsp3) is 0.550. The number of nitrogens with zero attached hydrogens (tertiary/aromatic N) is 3. The number of carbonyl (C=O) groups excluding carboxylic acids is 1. The molecule has 0 spiro atoms. The number of ketones is 1. The Labute approximate surface area is 181 Å². The van der Waals surface area contributed by atoms with Crippen LogP contribution >= 0.6 is 22.9 Å². The number of Topliss-reactive ketones (excluding diaryl/α,β-unsaturated/α-hetero) is 1. The number of morpholine rings is 1. The Hall–Kier alpha value is -1.58. The molecule has 1 fully saturated rings. The molecule has 0 bridgehead atoms. The predicted molar refractivity (Wildman–Crippen MR) is 118 cm³/mol. The fourth-order valence-corrected chi connectivity index (χ4v) is 3.97. The molecule has 3 atom stereocenters. The molecule has 3 heterocycles. The molecule has 0 saturated carbocycles. The minimum Gasteiger partial charge on any atom is -0.383 e. The van der Waals surface area contributed by atoms with E-state index >= 15 is 0 Å². The van der Waals surface area contributed by atoms with E-state index in [2.05, 4.69) is 35.3 Å². The van der Waals surface area contributed by atoms with Crippen molar-refractivity contribution in [3.05, 3.63) is 28.6 Å². The lowest BCUT2D eigenvalue weighted by Crippen LogP contribution is -2.45. The van der Waals surface area contributed by atoms with E-state index < -0.39 is 6.04 Å². The first-order valence-electron chi connectivity index (χ1n) is 9.43. The molecule has 0 amide bonds. The van der Waals surface area contributed by atoms with Crippen molar-refractivity contribution in [1.82, 2.24) is 9.97 Å². The smallest absolute Gasteiger partial charge is 0.158 e. The number of pyridine rings is 1. The second-order valence-corrected chi connectivity index (χ2v) is 7.82. The zero-order chi connectivity index (χ0) is 21.4. The highest BCUT2D eigenvalue weighted by Crippen LogP contribution is 2.25. The molecule has 1 saturated heterocycles. The molecule has 0 radical (unpaired) electrons. The molecule has 1 aliphatic heterocycles. The lowest BCUT2D eigenvalue weighted by molar-refractivity contribution is -0.120. The first-order chi connectivity index (χ1) is 14.0. The first-order valence-corrected chi connectivity index (χ1v) is 11.1. The maximum absolute atomic E-state index is 12.1. The van der Waals surface area contributed by atoms with Crippen LogP contribution in [0.2, 0.25) is 0 Å². The van der Waals surface area contributed by atoms with Crippen LogP contribution in [0.25, 0.3) is 11.4 Å². The summed E-state index contributed by atoms with van der Waals surface area (Å²) in [6, 6.07) is 5.32. The maximum atomic E-state index is 12.1.